The van der Waals surface area contributed by atoms with E-state index in [2.05, 4.69) is 38.8 Å². The summed E-state index contributed by atoms with van der Waals surface area (Å²) in [6, 6.07) is 14.1. The first-order chi connectivity index (χ1) is 15.1. The predicted molar refractivity (Wildman–Crippen MR) is 120 cm³/mol. The van der Waals surface area contributed by atoms with Crippen LogP contribution in [0.1, 0.15) is 48.4 Å². The van der Waals surface area contributed by atoms with Crippen LogP contribution in [0.3, 0.4) is 0 Å². The van der Waals surface area contributed by atoms with E-state index in [1.165, 1.54) is 20.5 Å². The largest absolute Gasteiger partial charge is 0.475 e. The Morgan fingerprint density at radius 1 is 1.13 bits per heavy atom. The molecule has 0 bridgehead atoms. The second-order valence-electron chi connectivity index (χ2n) is 7.56. The highest BCUT2D eigenvalue weighted by atomic mass is 16.5. The molecule has 0 spiro atoms. The summed E-state index contributed by atoms with van der Waals surface area (Å²) >= 11 is 0. The maximum absolute atomic E-state index is 12.3. The lowest BCUT2D eigenvalue weighted by Crippen LogP contribution is -2.23. The summed E-state index contributed by atoms with van der Waals surface area (Å²) in [5.74, 6) is 0.552. The van der Waals surface area contributed by atoms with Crippen molar-refractivity contribution < 1.29 is 4.74 Å². The van der Waals surface area contributed by atoms with Crippen molar-refractivity contribution in [1.29, 1.82) is 0 Å². The molecule has 160 valence electrons. The van der Waals surface area contributed by atoms with Crippen LogP contribution in [0.4, 0.5) is 0 Å². The molecule has 0 aliphatic heterocycles. The topological polar surface area (TPSA) is 86.7 Å². The molecular weight excluding hydrogens is 392 g/mol. The number of aromatic nitrogens is 4. The molecule has 0 atom stereocenters. The van der Waals surface area contributed by atoms with Gasteiger partial charge in [-0.15, -0.1) is 5.10 Å². The monoisotopic (exact) mass is 418 g/mol. The molecule has 1 heterocycles. The minimum absolute atomic E-state index is 0.263. The minimum atomic E-state index is -0.307. The molecular formula is C23H26N6O2. The molecule has 4 rings (SSSR count). The van der Waals surface area contributed by atoms with Gasteiger partial charge in [-0.05, 0) is 53.8 Å². The third-order valence-electron chi connectivity index (χ3n) is 5.49. The van der Waals surface area contributed by atoms with Crippen molar-refractivity contribution in [2.75, 3.05) is 0 Å². The number of rotatable bonds is 5. The van der Waals surface area contributed by atoms with Gasteiger partial charge in [0.2, 0.25) is 5.90 Å². The van der Waals surface area contributed by atoms with Gasteiger partial charge in [-0.25, -0.2) is 4.79 Å². The van der Waals surface area contributed by atoms with Crippen molar-refractivity contribution in [2.45, 2.75) is 46.1 Å². The van der Waals surface area contributed by atoms with E-state index in [0.717, 1.165) is 36.1 Å². The van der Waals surface area contributed by atoms with Crippen molar-refractivity contribution in [3.05, 3.63) is 75.2 Å². The van der Waals surface area contributed by atoms with E-state index in [9.17, 15) is 4.79 Å². The first-order valence-electron chi connectivity index (χ1n) is 10.5. The lowest BCUT2D eigenvalue weighted by atomic mass is 9.90. The Labute approximate surface area is 180 Å². The standard InChI is InChI=1S/C23H26N6O2/c1-4-22(25-24-20-13-8-11-17-10-5-6-12-18(17)20)31-15-19-16(2)9-7-14-21(19)29-23(30)28(3)26-27-29/h5-7,9-10,12,14H,4,8,11,13,15H2,1-3H3/b24-20-,25-22-. The number of ether oxygens (including phenoxy) is 1. The lowest BCUT2D eigenvalue weighted by Gasteiger charge is -2.16. The molecule has 2 aromatic carbocycles. The number of hydrogen-bond donors (Lipinski definition) is 0. The Balaban J connectivity index is 1.58. The quantitative estimate of drug-likeness (QED) is 0.361. The van der Waals surface area contributed by atoms with Gasteiger partial charge in [-0.2, -0.15) is 14.5 Å². The molecule has 1 aliphatic carbocycles. The molecule has 8 heteroatoms. The van der Waals surface area contributed by atoms with Crippen LogP contribution in [0.15, 0.2) is 57.5 Å². The zero-order valence-electron chi connectivity index (χ0n) is 18.1. The van der Waals surface area contributed by atoms with Crippen LogP contribution in [0.5, 0.6) is 0 Å². The van der Waals surface area contributed by atoms with Crippen molar-refractivity contribution in [3.8, 4) is 5.69 Å². The number of tetrazole rings is 1. The molecule has 0 amide bonds. The Kier molecular flexibility index (Phi) is 6.06. The normalized spacial score (nSPS) is 15.2. The highest BCUT2D eigenvalue weighted by Gasteiger charge is 2.16. The fourth-order valence-corrected chi connectivity index (χ4v) is 3.72. The van der Waals surface area contributed by atoms with Crippen LogP contribution in [0.25, 0.3) is 5.69 Å². The molecule has 0 N–H and O–H groups in total. The maximum atomic E-state index is 12.3. The average molecular weight is 419 g/mol. The molecule has 0 saturated heterocycles. The van der Waals surface area contributed by atoms with Gasteiger partial charge < -0.3 is 4.74 Å². The summed E-state index contributed by atoms with van der Waals surface area (Å²) in [5, 5.41) is 16.7. The fraction of sp³-hybridized carbons (Fsp3) is 0.348. The van der Waals surface area contributed by atoms with E-state index in [-0.39, 0.29) is 12.3 Å². The third kappa shape index (κ3) is 4.33. The average Bonchev–Trinajstić information content (AvgIpc) is 3.12. The van der Waals surface area contributed by atoms with Crippen molar-refractivity contribution in [2.24, 2.45) is 17.3 Å². The predicted octanol–water partition coefficient (Wildman–Crippen LogP) is 3.34. The van der Waals surface area contributed by atoms with Crippen molar-refractivity contribution >= 4 is 11.6 Å². The van der Waals surface area contributed by atoms with E-state index in [4.69, 9.17) is 4.74 Å². The molecule has 1 aromatic heterocycles. The molecule has 8 nitrogen and oxygen atoms in total. The number of hydrogen-bond acceptors (Lipinski definition) is 6. The fourth-order valence-electron chi connectivity index (χ4n) is 3.72. The summed E-state index contributed by atoms with van der Waals surface area (Å²) < 4.78 is 8.50. The molecule has 0 radical (unpaired) electrons. The van der Waals surface area contributed by atoms with Gasteiger partial charge in [0.1, 0.15) is 6.61 Å². The van der Waals surface area contributed by atoms with Gasteiger partial charge in [0.15, 0.2) is 0 Å². The van der Waals surface area contributed by atoms with E-state index in [1.54, 1.807) is 7.05 Å². The Morgan fingerprint density at radius 3 is 2.74 bits per heavy atom. The number of aryl methyl sites for hydroxylation is 3. The first-order valence-corrected chi connectivity index (χ1v) is 10.5. The molecule has 0 fully saturated rings. The van der Waals surface area contributed by atoms with Gasteiger partial charge in [0.25, 0.3) is 0 Å². The molecule has 0 unspecified atom stereocenters. The third-order valence-corrected chi connectivity index (χ3v) is 5.49. The summed E-state index contributed by atoms with van der Waals surface area (Å²) in [5.41, 5.74) is 5.70. The van der Waals surface area contributed by atoms with Gasteiger partial charge in [-0.3, -0.25) is 0 Å². The molecule has 3 aromatic rings. The van der Waals surface area contributed by atoms with Crippen LogP contribution in [0, 0.1) is 6.92 Å². The van der Waals surface area contributed by atoms with Crippen LogP contribution in [0.2, 0.25) is 0 Å². The van der Waals surface area contributed by atoms with Gasteiger partial charge >= 0.3 is 5.69 Å². The SMILES string of the molecule is CC/C(=N/N=C1/CCCc2ccccc21)OCc1c(C)cccc1-n1nnn(C)c1=O. The molecule has 1 aliphatic rings. The van der Waals surface area contributed by atoms with Gasteiger partial charge in [0.05, 0.1) is 11.4 Å². The lowest BCUT2D eigenvalue weighted by molar-refractivity contribution is 0.282. The number of nitrogens with zero attached hydrogens (tertiary/aromatic N) is 6. The number of benzene rings is 2. The summed E-state index contributed by atoms with van der Waals surface area (Å²) in [6.45, 7) is 4.23. The molecule has 0 saturated carbocycles. The van der Waals surface area contributed by atoms with Gasteiger partial charge in [-0.1, -0.05) is 43.3 Å². The maximum Gasteiger partial charge on any atom is 0.368 e. The van der Waals surface area contributed by atoms with Gasteiger partial charge in [0, 0.05) is 24.6 Å². The summed E-state index contributed by atoms with van der Waals surface area (Å²) in [7, 11) is 1.57. The van der Waals surface area contributed by atoms with Crippen LogP contribution >= 0.6 is 0 Å². The summed E-state index contributed by atoms with van der Waals surface area (Å²) in [6.07, 6.45) is 3.68. The van der Waals surface area contributed by atoms with Crippen molar-refractivity contribution in [1.82, 2.24) is 19.8 Å². The van der Waals surface area contributed by atoms with Crippen LogP contribution in [-0.2, 0) is 24.8 Å². The van der Waals surface area contributed by atoms with E-state index in [1.807, 2.05) is 38.1 Å². The van der Waals surface area contributed by atoms with Crippen LogP contribution < -0.4 is 5.69 Å². The Bertz CT molecular complexity index is 1200. The second kappa shape index (κ2) is 9.07. The Hall–Kier alpha value is -3.55. The first kappa shape index (κ1) is 20.7. The second-order valence-corrected chi connectivity index (χ2v) is 7.56. The van der Waals surface area contributed by atoms with E-state index in [0.29, 0.717) is 18.0 Å². The smallest absolute Gasteiger partial charge is 0.368 e. The Morgan fingerprint density at radius 2 is 1.97 bits per heavy atom. The zero-order valence-corrected chi connectivity index (χ0v) is 18.1. The summed E-state index contributed by atoms with van der Waals surface area (Å²) in [4.78, 5) is 12.3. The number of fused-ring (bicyclic) bond motifs is 1. The molecule has 31 heavy (non-hydrogen) atoms. The van der Waals surface area contributed by atoms with Crippen LogP contribution in [-0.4, -0.2) is 31.4 Å². The minimum Gasteiger partial charge on any atom is -0.475 e. The van der Waals surface area contributed by atoms with E-state index >= 15 is 0 Å². The highest BCUT2D eigenvalue weighted by molar-refractivity contribution is 6.02. The van der Waals surface area contributed by atoms with Crippen molar-refractivity contribution in [3.63, 3.8) is 0 Å². The van der Waals surface area contributed by atoms with E-state index < -0.39 is 0 Å². The highest BCUT2D eigenvalue weighted by Crippen LogP contribution is 2.22. The zero-order chi connectivity index (χ0) is 21.8.